The topological polar surface area (TPSA) is 95.6 Å². The fraction of sp³-hybridized carbons (Fsp3) is 0.591. The molecule has 3 N–H and O–H groups in total. The van der Waals surface area contributed by atoms with Gasteiger partial charge in [0.15, 0.2) is 11.8 Å². The van der Waals surface area contributed by atoms with Crippen LogP contribution in [0.25, 0.3) is 0 Å². The van der Waals surface area contributed by atoms with E-state index < -0.39 is 6.10 Å². The van der Waals surface area contributed by atoms with Gasteiger partial charge < -0.3 is 20.3 Å². The quantitative estimate of drug-likeness (QED) is 0.507. The molecule has 1 aromatic heterocycles. The Balaban J connectivity index is 1.97. The number of rotatable bonds is 6. The van der Waals surface area contributed by atoms with Gasteiger partial charge in [0.25, 0.3) is 0 Å². The number of hydrogen-bond donors (Lipinski definition) is 3. The van der Waals surface area contributed by atoms with Crippen molar-refractivity contribution >= 4 is 5.96 Å². The van der Waals surface area contributed by atoms with Crippen molar-refractivity contribution in [1.29, 1.82) is 0 Å². The van der Waals surface area contributed by atoms with Gasteiger partial charge in [-0.1, -0.05) is 71.0 Å². The van der Waals surface area contributed by atoms with Crippen molar-refractivity contribution in [2.24, 2.45) is 4.99 Å². The third-order valence-corrected chi connectivity index (χ3v) is 4.46. The summed E-state index contributed by atoms with van der Waals surface area (Å²) in [4.78, 5) is 8.88. The number of nitrogens with one attached hydrogen (secondary N) is 2. The Labute approximate surface area is 174 Å². The fourth-order valence-corrected chi connectivity index (χ4v) is 2.63. The molecule has 0 fully saturated rings. The van der Waals surface area contributed by atoms with Gasteiger partial charge in [0.2, 0.25) is 5.89 Å². The Bertz CT molecular complexity index is 798. The van der Waals surface area contributed by atoms with E-state index in [2.05, 4.69) is 58.7 Å². The van der Waals surface area contributed by atoms with E-state index in [1.165, 1.54) is 5.56 Å². The first-order valence-corrected chi connectivity index (χ1v) is 10.1. The molecule has 29 heavy (non-hydrogen) atoms. The van der Waals surface area contributed by atoms with Crippen LogP contribution in [-0.4, -0.2) is 34.3 Å². The second kappa shape index (κ2) is 9.39. The van der Waals surface area contributed by atoms with Crippen LogP contribution in [0.1, 0.15) is 77.4 Å². The lowest BCUT2D eigenvalue weighted by Crippen LogP contribution is -2.39. The van der Waals surface area contributed by atoms with E-state index in [1.54, 1.807) is 0 Å². The highest BCUT2D eigenvalue weighted by Gasteiger charge is 2.21. The lowest BCUT2D eigenvalue weighted by Gasteiger charge is -2.20. The van der Waals surface area contributed by atoms with Crippen LogP contribution in [0.15, 0.2) is 33.8 Å². The van der Waals surface area contributed by atoms with Gasteiger partial charge in [0, 0.05) is 18.5 Å². The Morgan fingerprint density at radius 1 is 1.07 bits per heavy atom. The lowest BCUT2D eigenvalue weighted by atomic mass is 9.86. The summed E-state index contributed by atoms with van der Waals surface area (Å²) in [6.07, 6.45) is -0.634. The predicted octanol–water partition coefficient (Wildman–Crippen LogP) is 3.45. The monoisotopic (exact) mass is 401 g/mol. The standard InChI is InChI=1S/C22H35N5O2/c1-8-23-20(25-14-18-26-19(29-27-18)22(5,6)7)24-13-17(28)15-9-11-16(12-10-15)21(2,3)4/h9-12,17,28H,8,13-14H2,1-7H3,(H2,23,24,25). The molecule has 0 aliphatic heterocycles. The van der Waals surface area contributed by atoms with Gasteiger partial charge in [-0.2, -0.15) is 4.98 Å². The number of nitrogens with zero attached hydrogens (tertiary/aromatic N) is 3. The van der Waals surface area contributed by atoms with Gasteiger partial charge in [0.05, 0.1) is 6.10 Å². The second-order valence-electron chi connectivity index (χ2n) is 9.23. The van der Waals surface area contributed by atoms with E-state index >= 15 is 0 Å². The number of aromatic nitrogens is 2. The summed E-state index contributed by atoms with van der Waals surface area (Å²) in [5.74, 6) is 1.72. The van der Waals surface area contributed by atoms with Crippen molar-refractivity contribution in [2.75, 3.05) is 13.1 Å². The number of aliphatic hydroxyl groups is 1. The minimum absolute atomic E-state index is 0.0919. The molecule has 1 aromatic carbocycles. The first-order valence-electron chi connectivity index (χ1n) is 10.1. The van der Waals surface area contributed by atoms with Crippen molar-refractivity contribution < 1.29 is 9.63 Å². The highest BCUT2D eigenvalue weighted by molar-refractivity contribution is 5.79. The van der Waals surface area contributed by atoms with Crippen LogP contribution in [0, 0.1) is 0 Å². The van der Waals surface area contributed by atoms with Crippen LogP contribution in [0.5, 0.6) is 0 Å². The van der Waals surface area contributed by atoms with Crippen molar-refractivity contribution in [3.63, 3.8) is 0 Å². The van der Waals surface area contributed by atoms with Gasteiger partial charge in [-0.25, -0.2) is 4.99 Å². The molecule has 7 nitrogen and oxygen atoms in total. The van der Waals surface area contributed by atoms with Gasteiger partial charge >= 0.3 is 0 Å². The zero-order valence-electron chi connectivity index (χ0n) is 18.7. The van der Waals surface area contributed by atoms with Gasteiger partial charge in [-0.05, 0) is 23.5 Å². The van der Waals surface area contributed by atoms with Crippen LogP contribution in [0.3, 0.4) is 0 Å². The molecule has 0 amide bonds. The molecule has 0 aliphatic carbocycles. The van der Waals surface area contributed by atoms with E-state index in [1.807, 2.05) is 39.8 Å². The minimum Gasteiger partial charge on any atom is -0.387 e. The molecular weight excluding hydrogens is 366 g/mol. The third-order valence-electron chi connectivity index (χ3n) is 4.46. The average Bonchev–Trinajstić information content (AvgIpc) is 3.12. The van der Waals surface area contributed by atoms with Crippen LogP contribution in [-0.2, 0) is 17.4 Å². The summed E-state index contributed by atoms with van der Waals surface area (Å²) in [6, 6.07) is 8.09. The first kappa shape index (κ1) is 22.9. The molecule has 1 unspecified atom stereocenters. The number of hydrogen-bond acceptors (Lipinski definition) is 5. The summed E-state index contributed by atoms with van der Waals surface area (Å²) < 4.78 is 5.30. The molecule has 0 aliphatic rings. The van der Waals surface area contributed by atoms with Crippen molar-refractivity contribution in [2.45, 2.75) is 71.9 Å². The maximum Gasteiger partial charge on any atom is 0.232 e. The minimum atomic E-state index is -0.634. The lowest BCUT2D eigenvalue weighted by molar-refractivity contribution is 0.181. The zero-order valence-corrected chi connectivity index (χ0v) is 18.7. The molecule has 0 saturated heterocycles. The summed E-state index contributed by atoms with van der Waals surface area (Å²) in [7, 11) is 0. The Morgan fingerprint density at radius 3 is 2.24 bits per heavy atom. The highest BCUT2D eigenvalue weighted by atomic mass is 16.5. The molecule has 0 bridgehead atoms. The van der Waals surface area contributed by atoms with Crippen LogP contribution in [0.2, 0.25) is 0 Å². The van der Waals surface area contributed by atoms with Crippen LogP contribution >= 0.6 is 0 Å². The molecule has 0 spiro atoms. The third kappa shape index (κ3) is 6.85. The zero-order chi connectivity index (χ0) is 21.7. The van der Waals surface area contributed by atoms with E-state index in [9.17, 15) is 5.11 Å². The van der Waals surface area contributed by atoms with E-state index in [-0.39, 0.29) is 10.8 Å². The van der Waals surface area contributed by atoms with Crippen molar-refractivity contribution in [3.05, 3.63) is 47.1 Å². The number of guanidine groups is 1. The number of benzene rings is 1. The summed E-state index contributed by atoms with van der Waals surface area (Å²) >= 11 is 0. The number of aliphatic hydroxyl groups excluding tert-OH is 1. The molecule has 160 valence electrons. The van der Waals surface area contributed by atoms with Gasteiger partial charge in [-0.15, -0.1) is 0 Å². The van der Waals surface area contributed by atoms with Crippen molar-refractivity contribution in [1.82, 2.24) is 20.8 Å². The van der Waals surface area contributed by atoms with Crippen LogP contribution < -0.4 is 10.6 Å². The smallest absolute Gasteiger partial charge is 0.232 e. The van der Waals surface area contributed by atoms with E-state index in [0.29, 0.717) is 37.3 Å². The molecule has 0 saturated carbocycles. The Hall–Kier alpha value is -2.41. The van der Waals surface area contributed by atoms with Gasteiger partial charge in [0.1, 0.15) is 6.54 Å². The highest BCUT2D eigenvalue weighted by Crippen LogP contribution is 2.24. The SMILES string of the molecule is CCNC(=NCc1noc(C(C)(C)C)n1)NCC(O)c1ccc(C(C)(C)C)cc1. The fourth-order valence-electron chi connectivity index (χ4n) is 2.63. The molecular formula is C22H35N5O2. The van der Waals surface area contributed by atoms with Crippen molar-refractivity contribution in [3.8, 4) is 0 Å². The second-order valence-corrected chi connectivity index (χ2v) is 9.23. The molecule has 7 heteroatoms. The average molecular weight is 402 g/mol. The summed E-state index contributed by atoms with van der Waals surface area (Å²) in [5.41, 5.74) is 2.01. The van der Waals surface area contributed by atoms with E-state index in [4.69, 9.17) is 4.52 Å². The first-order chi connectivity index (χ1) is 13.5. The van der Waals surface area contributed by atoms with E-state index in [0.717, 1.165) is 5.56 Å². The molecule has 2 aromatic rings. The molecule has 1 heterocycles. The maximum absolute atomic E-state index is 10.5. The van der Waals surface area contributed by atoms with Crippen LogP contribution in [0.4, 0.5) is 0 Å². The largest absolute Gasteiger partial charge is 0.387 e. The Kier molecular flexibility index (Phi) is 7.41. The van der Waals surface area contributed by atoms with Gasteiger partial charge in [-0.3, -0.25) is 0 Å². The molecule has 2 rings (SSSR count). The number of aliphatic imine (C=N–C) groups is 1. The normalized spacial score (nSPS) is 14.0. The summed E-state index contributed by atoms with van der Waals surface area (Å²) in [6.45, 7) is 15.9. The molecule has 0 radical (unpaired) electrons. The maximum atomic E-state index is 10.5. The Morgan fingerprint density at radius 2 is 1.72 bits per heavy atom. The summed E-state index contributed by atoms with van der Waals surface area (Å²) in [5, 5.41) is 20.9. The predicted molar refractivity (Wildman–Crippen MR) is 116 cm³/mol. The molecule has 1 atom stereocenters.